The molecule has 0 radical (unpaired) electrons. The lowest BCUT2D eigenvalue weighted by molar-refractivity contribution is -0.279. The van der Waals surface area contributed by atoms with Crippen molar-refractivity contribution in [3.63, 3.8) is 0 Å². The monoisotopic (exact) mass is 424 g/mol. The first kappa shape index (κ1) is 24.8. The molecule has 0 aromatic heterocycles. The number of rotatable bonds is 10. The molecule has 9 atom stereocenters. The van der Waals surface area contributed by atoms with E-state index in [-0.39, 0.29) is 12.5 Å². The van der Waals surface area contributed by atoms with Crippen LogP contribution >= 0.6 is 0 Å². The van der Waals surface area contributed by atoms with E-state index < -0.39 is 74.9 Å². The van der Waals surface area contributed by atoms with Gasteiger partial charge in [-0.05, 0) is 19.3 Å². The van der Waals surface area contributed by atoms with Gasteiger partial charge in [0.05, 0.1) is 32.0 Å². The molecule has 2 fully saturated rings. The Labute approximate surface area is 170 Å². The molecule has 0 amide bonds. The van der Waals surface area contributed by atoms with Gasteiger partial charge in [-0.1, -0.05) is 0 Å². The Balaban J connectivity index is 2.04. The van der Waals surface area contributed by atoms with Crippen molar-refractivity contribution in [1.82, 2.24) is 0 Å². The van der Waals surface area contributed by atoms with Crippen LogP contribution in [0.1, 0.15) is 19.3 Å². The van der Waals surface area contributed by atoms with Gasteiger partial charge in [0.15, 0.2) is 12.6 Å². The fourth-order valence-electron chi connectivity index (χ4n) is 3.63. The van der Waals surface area contributed by atoms with Gasteiger partial charge in [0.1, 0.15) is 24.4 Å². The summed E-state index contributed by atoms with van der Waals surface area (Å²) in [6, 6.07) is -1.64. The highest BCUT2D eigenvalue weighted by atomic mass is 16.7. The van der Waals surface area contributed by atoms with E-state index in [0.717, 1.165) is 6.42 Å². The molecule has 2 aliphatic rings. The molecule has 12 heteroatoms. The predicted molar refractivity (Wildman–Crippen MR) is 101 cm³/mol. The van der Waals surface area contributed by atoms with Crippen LogP contribution in [0, 0.1) is 0 Å². The maximum atomic E-state index is 10.8. The molecule has 0 aromatic rings. The van der Waals surface area contributed by atoms with Crippen molar-refractivity contribution in [2.75, 3.05) is 26.4 Å². The van der Waals surface area contributed by atoms with Gasteiger partial charge in [0.2, 0.25) is 0 Å². The number of nitrogens with two attached hydrogens (primary N) is 4. The second-order valence-electron chi connectivity index (χ2n) is 7.59. The molecule has 172 valence electrons. The summed E-state index contributed by atoms with van der Waals surface area (Å²) in [5.74, 6) is 0. The van der Waals surface area contributed by atoms with E-state index in [1.54, 1.807) is 0 Å². The fraction of sp³-hybridized carbons (Fsp3) is 1.00. The van der Waals surface area contributed by atoms with E-state index in [2.05, 4.69) is 0 Å². The molecule has 1 saturated heterocycles. The van der Waals surface area contributed by atoms with Crippen LogP contribution in [0.15, 0.2) is 0 Å². The Morgan fingerprint density at radius 2 is 1.59 bits per heavy atom. The van der Waals surface area contributed by atoms with Crippen LogP contribution in [-0.4, -0.2) is 108 Å². The molecule has 0 spiro atoms. The predicted octanol–water partition coefficient (Wildman–Crippen LogP) is -4.34. The summed E-state index contributed by atoms with van der Waals surface area (Å²) >= 11 is 0. The lowest BCUT2D eigenvalue weighted by atomic mass is 9.84. The highest BCUT2D eigenvalue weighted by Crippen LogP contribution is 2.28. The Hall–Kier alpha value is -0.480. The molecular formula is C17H36N4O8. The summed E-state index contributed by atoms with van der Waals surface area (Å²) in [5.41, 5.74) is 24.0. The summed E-state index contributed by atoms with van der Waals surface area (Å²) in [4.78, 5) is 0. The minimum Gasteiger partial charge on any atom is -0.394 e. The van der Waals surface area contributed by atoms with Crippen molar-refractivity contribution in [2.24, 2.45) is 22.9 Å². The lowest BCUT2D eigenvalue weighted by Crippen LogP contribution is -2.65. The number of aliphatic hydroxyl groups is 4. The summed E-state index contributed by atoms with van der Waals surface area (Å²) in [5, 5.41) is 38.6. The van der Waals surface area contributed by atoms with E-state index in [1.807, 2.05) is 0 Å². The van der Waals surface area contributed by atoms with Crippen molar-refractivity contribution in [3.8, 4) is 0 Å². The molecule has 1 heterocycles. The molecule has 1 saturated carbocycles. The normalized spacial score (nSPS) is 39.6. The molecule has 29 heavy (non-hydrogen) atoms. The molecular weight excluding hydrogens is 388 g/mol. The maximum Gasteiger partial charge on any atom is 0.181 e. The summed E-state index contributed by atoms with van der Waals surface area (Å²) in [6.45, 7) is -1.18. The van der Waals surface area contributed by atoms with Gasteiger partial charge in [-0.2, -0.15) is 0 Å². The number of hydrogen-bond donors (Lipinski definition) is 8. The van der Waals surface area contributed by atoms with Crippen LogP contribution in [0.2, 0.25) is 0 Å². The summed E-state index contributed by atoms with van der Waals surface area (Å²) in [6.07, 6.45) is -4.57. The van der Waals surface area contributed by atoms with Crippen LogP contribution in [0.5, 0.6) is 0 Å². The van der Waals surface area contributed by atoms with E-state index in [9.17, 15) is 10.2 Å². The number of aliphatic hydroxyl groups excluding tert-OH is 4. The standard InChI is InChI=1S/C17H36N4O8/c18-4-8-1-2-10(19)17(27-8)29-16-12(21)3-11(20)15(14(16)25)28-13(7-24)26-9(5-22)6-23/h8-17,22-25H,1-7,18-21H2/t8-,10+,11+,12-,13+,14+,15-,16+,17+/m0/s1. The second-order valence-corrected chi connectivity index (χ2v) is 7.59. The molecule has 12 N–H and O–H groups in total. The molecule has 0 bridgehead atoms. The Bertz CT molecular complexity index is 475. The number of ether oxygens (including phenoxy) is 4. The number of hydrogen-bond acceptors (Lipinski definition) is 12. The quantitative estimate of drug-likeness (QED) is 0.156. The third kappa shape index (κ3) is 6.50. The smallest absolute Gasteiger partial charge is 0.181 e. The highest BCUT2D eigenvalue weighted by molar-refractivity contribution is 4.99. The largest absolute Gasteiger partial charge is 0.394 e. The average molecular weight is 424 g/mol. The van der Waals surface area contributed by atoms with Gasteiger partial charge < -0.3 is 62.3 Å². The van der Waals surface area contributed by atoms with E-state index in [0.29, 0.717) is 13.0 Å². The third-order valence-electron chi connectivity index (χ3n) is 5.32. The van der Waals surface area contributed by atoms with Crippen molar-refractivity contribution in [2.45, 2.75) is 80.5 Å². The highest BCUT2D eigenvalue weighted by Gasteiger charge is 2.46. The first-order valence-corrected chi connectivity index (χ1v) is 9.93. The molecule has 0 aromatic carbocycles. The second kappa shape index (κ2) is 11.8. The molecule has 1 aliphatic heterocycles. The zero-order valence-electron chi connectivity index (χ0n) is 16.5. The minimum atomic E-state index is -1.25. The van der Waals surface area contributed by atoms with Crippen molar-refractivity contribution in [1.29, 1.82) is 0 Å². The van der Waals surface area contributed by atoms with E-state index >= 15 is 0 Å². The summed E-state index contributed by atoms with van der Waals surface area (Å²) in [7, 11) is 0. The van der Waals surface area contributed by atoms with Gasteiger partial charge in [0.25, 0.3) is 0 Å². The maximum absolute atomic E-state index is 10.8. The third-order valence-corrected chi connectivity index (χ3v) is 5.32. The van der Waals surface area contributed by atoms with E-state index in [1.165, 1.54) is 0 Å². The average Bonchev–Trinajstić information content (AvgIpc) is 2.71. The molecule has 1 aliphatic carbocycles. The first-order chi connectivity index (χ1) is 13.8. The van der Waals surface area contributed by atoms with Crippen LogP contribution in [0.25, 0.3) is 0 Å². The fourth-order valence-corrected chi connectivity index (χ4v) is 3.63. The van der Waals surface area contributed by atoms with Gasteiger partial charge >= 0.3 is 0 Å². The molecule has 12 nitrogen and oxygen atoms in total. The molecule has 2 rings (SSSR count). The minimum absolute atomic E-state index is 0.188. The molecule has 0 unspecified atom stereocenters. The van der Waals surface area contributed by atoms with Gasteiger partial charge in [-0.3, -0.25) is 0 Å². The van der Waals surface area contributed by atoms with Gasteiger partial charge in [0, 0.05) is 18.6 Å². The summed E-state index contributed by atoms with van der Waals surface area (Å²) < 4.78 is 22.6. The van der Waals surface area contributed by atoms with Crippen LogP contribution in [-0.2, 0) is 18.9 Å². The Morgan fingerprint density at radius 1 is 0.931 bits per heavy atom. The topological polar surface area (TPSA) is 222 Å². The lowest BCUT2D eigenvalue weighted by Gasteiger charge is -2.45. The van der Waals surface area contributed by atoms with Crippen LogP contribution < -0.4 is 22.9 Å². The zero-order chi connectivity index (χ0) is 21.6. The van der Waals surface area contributed by atoms with Crippen molar-refractivity contribution >= 4 is 0 Å². The van der Waals surface area contributed by atoms with Crippen molar-refractivity contribution < 1.29 is 39.4 Å². The zero-order valence-corrected chi connectivity index (χ0v) is 16.5. The Kier molecular flexibility index (Phi) is 10.1. The Morgan fingerprint density at radius 3 is 2.17 bits per heavy atom. The van der Waals surface area contributed by atoms with Gasteiger partial charge in [-0.15, -0.1) is 0 Å². The van der Waals surface area contributed by atoms with Gasteiger partial charge in [-0.25, -0.2) is 0 Å². The van der Waals surface area contributed by atoms with Crippen molar-refractivity contribution in [3.05, 3.63) is 0 Å². The SMILES string of the molecule is NC[C@@H]1CC[C@@H](N)[C@@H](O[C@H]2[C@H](O)[C@@H](O[C@H](CO)OC(CO)CO)[C@H](N)C[C@@H]2N)O1. The first-order valence-electron chi connectivity index (χ1n) is 9.93. The van der Waals surface area contributed by atoms with Crippen LogP contribution in [0.4, 0.5) is 0 Å². The van der Waals surface area contributed by atoms with Crippen LogP contribution in [0.3, 0.4) is 0 Å². The van der Waals surface area contributed by atoms with E-state index in [4.69, 9.17) is 52.1 Å².